The Labute approximate surface area is 129 Å². The molecule has 1 aromatic heterocycles. The largest absolute Gasteiger partial charge is 0.369 e. The quantitative estimate of drug-likeness (QED) is 0.320. The Hall–Kier alpha value is -2.39. The number of carbonyl (C=O) groups is 1. The Morgan fingerprint density at radius 1 is 1.50 bits per heavy atom. The zero-order chi connectivity index (χ0) is 15.5. The van der Waals surface area contributed by atoms with Gasteiger partial charge in [0, 0.05) is 0 Å². The first kappa shape index (κ1) is 14.5. The van der Waals surface area contributed by atoms with E-state index in [0.717, 1.165) is 23.7 Å². The third-order valence-electron chi connectivity index (χ3n) is 3.25. The van der Waals surface area contributed by atoms with E-state index in [4.69, 9.17) is 5.73 Å². The second-order valence-electron chi connectivity index (χ2n) is 4.68. The summed E-state index contributed by atoms with van der Waals surface area (Å²) in [5.41, 5.74) is 9.71. The third-order valence-corrected chi connectivity index (χ3v) is 4.22. The number of fused-ring (bicyclic) bond motifs is 1. The Morgan fingerprint density at radius 2 is 2.32 bits per heavy atom. The Kier molecular flexibility index (Phi) is 4.07. The fraction of sp³-hybridized carbons (Fsp3) is 0.231. The van der Waals surface area contributed by atoms with Gasteiger partial charge in [-0.2, -0.15) is 0 Å². The summed E-state index contributed by atoms with van der Waals surface area (Å²) >= 11 is 1.07. The predicted molar refractivity (Wildman–Crippen MR) is 78.6 cm³/mol. The van der Waals surface area contributed by atoms with E-state index in [1.54, 1.807) is 0 Å². The van der Waals surface area contributed by atoms with Crippen molar-refractivity contribution in [1.29, 1.82) is 0 Å². The first-order valence-corrected chi connectivity index (χ1v) is 7.47. The summed E-state index contributed by atoms with van der Waals surface area (Å²) in [5, 5.41) is 17.1. The molecule has 22 heavy (non-hydrogen) atoms. The van der Waals surface area contributed by atoms with Crippen LogP contribution in [0.1, 0.15) is 22.9 Å². The molecule has 1 aliphatic carbocycles. The van der Waals surface area contributed by atoms with Crippen molar-refractivity contribution in [3.8, 4) is 0 Å². The lowest BCUT2D eigenvalue weighted by molar-refractivity contribution is -0.115. The van der Waals surface area contributed by atoms with Gasteiger partial charge >= 0.3 is 0 Å². The van der Waals surface area contributed by atoms with E-state index in [1.165, 1.54) is 5.56 Å². The van der Waals surface area contributed by atoms with Crippen molar-refractivity contribution >= 4 is 23.5 Å². The molecule has 114 valence electrons. The van der Waals surface area contributed by atoms with Gasteiger partial charge in [0.05, 0.1) is 11.8 Å². The van der Waals surface area contributed by atoms with Crippen LogP contribution in [0.25, 0.3) is 0 Å². The normalized spacial score (nSPS) is 16.8. The summed E-state index contributed by atoms with van der Waals surface area (Å²) in [5.74, 6) is -0.304. The lowest BCUT2D eigenvalue weighted by atomic mass is 9.84. The number of aromatic nitrogens is 2. The molecule has 1 aromatic carbocycles. The average molecular weight is 319 g/mol. The van der Waals surface area contributed by atoms with Crippen LogP contribution in [0.2, 0.25) is 0 Å². The molecule has 2 aromatic rings. The number of primary amides is 1. The number of rotatable bonds is 5. The number of amides is 1. The zero-order valence-electron chi connectivity index (χ0n) is 11.4. The number of benzene rings is 1. The Bertz CT molecular complexity index is 730. The molecule has 1 amide bonds. The molecule has 0 saturated carbocycles. The lowest BCUT2D eigenvalue weighted by Crippen LogP contribution is -2.25. The summed E-state index contributed by atoms with van der Waals surface area (Å²) in [4.78, 5) is 15.3. The molecule has 1 aliphatic rings. The van der Waals surface area contributed by atoms with Gasteiger partial charge in [0.25, 0.3) is 0 Å². The van der Waals surface area contributed by atoms with Gasteiger partial charge < -0.3 is 5.73 Å². The molecular weight excluding hydrogens is 306 g/mol. The minimum atomic E-state index is -0.484. The summed E-state index contributed by atoms with van der Waals surface area (Å²) in [7, 11) is 0. The maximum absolute atomic E-state index is 10.8. The van der Waals surface area contributed by atoms with Crippen molar-refractivity contribution in [1.82, 2.24) is 15.8 Å². The number of amidine groups is 1. The molecule has 0 saturated heterocycles. The highest BCUT2D eigenvalue weighted by Crippen LogP contribution is 2.36. The van der Waals surface area contributed by atoms with Gasteiger partial charge in [-0.3, -0.25) is 20.5 Å². The average Bonchev–Trinajstić information content (AvgIpc) is 2.95. The number of carbonyl (C=O) groups excluding carboxylic acids is 1. The Balaban J connectivity index is 1.82. The first-order valence-electron chi connectivity index (χ1n) is 6.48. The van der Waals surface area contributed by atoms with Crippen LogP contribution < -0.4 is 11.2 Å². The van der Waals surface area contributed by atoms with Crippen LogP contribution in [0.3, 0.4) is 0 Å². The van der Waals surface area contributed by atoms with Crippen molar-refractivity contribution in [3.63, 3.8) is 0 Å². The van der Waals surface area contributed by atoms with Gasteiger partial charge in [0.2, 0.25) is 5.91 Å². The summed E-state index contributed by atoms with van der Waals surface area (Å²) in [6, 6.07) is 7.89. The molecule has 1 unspecified atom stereocenters. The van der Waals surface area contributed by atoms with Crippen LogP contribution in [0.4, 0.5) is 0 Å². The topological polar surface area (TPSA) is 127 Å². The SMILES string of the molecule is NC(=O)CSc1nonc1C(=NC1Cc2ccccc21)NO. The highest BCUT2D eigenvalue weighted by Gasteiger charge is 2.27. The van der Waals surface area contributed by atoms with Gasteiger partial charge in [-0.25, -0.2) is 4.63 Å². The van der Waals surface area contributed by atoms with Gasteiger partial charge in [-0.05, 0) is 27.9 Å². The smallest absolute Gasteiger partial charge is 0.227 e. The van der Waals surface area contributed by atoms with E-state index in [2.05, 4.69) is 19.9 Å². The van der Waals surface area contributed by atoms with Crippen molar-refractivity contribution in [2.75, 3.05) is 5.75 Å². The molecule has 3 rings (SSSR count). The van der Waals surface area contributed by atoms with Gasteiger partial charge in [0.1, 0.15) is 0 Å². The van der Waals surface area contributed by atoms with Crippen molar-refractivity contribution in [3.05, 3.63) is 41.1 Å². The van der Waals surface area contributed by atoms with Crippen molar-refractivity contribution < 1.29 is 14.6 Å². The number of hydrogen-bond acceptors (Lipinski definition) is 7. The van der Waals surface area contributed by atoms with Crippen LogP contribution in [0.15, 0.2) is 38.9 Å². The molecule has 1 heterocycles. The van der Waals surface area contributed by atoms with Gasteiger partial charge in [0.15, 0.2) is 16.6 Å². The second-order valence-corrected chi connectivity index (χ2v) is 5.65. The number of aliphatic imine (C=N–C) groups is 1. The molecule has 0 radical (unpaired) electrons. The fourth-order valence-electron chi connectivity index (χ4n) is 2.21. The van der Waals surface area contributed by atoms with Crippen LogP contribution in [-0.4, -0.2) is 33.0 Å². The van der Waals surface area contributed by atoms with E-state index in [1.807, 2.05) is 29.7 Å². The van der Waals surface area contributed by atoms with Crippen LogP contribution in [0, 0.1) is 0 Å². The van der Waals surface area contributed by atoms with Crippen LogP contribution >= 0.6 is 11.8 Å². The van der Waals surface area contributed by atoms with E-state index in [0.29, 0.717) is 5.03 Å². The third kappa shape index (κ3) is 2.81. The second kappa shape index (κ2) is 6.16. The van der Waals surface area contributed by atoms with E-state index < -0.39 is 5.91 Å². The number of nitrogens with one attached hydrogen (secondary N) is 1. The number of hydrogen-bond donors (Lipinski definition) is 3. The number of thioether (sulfide) groups is 1. The molecule has 8 nitrogen and oxygen atoms in total. The summed E-state index contributed by atoms with van der Waals surface area (Å²) < 4.78 is 4.66. The lowest BCUT2D eigenvalue weighted by Gasteiger charge is -2.27. The maximum atomic E-state index is 10.8. The van der Waals surface area contributed by atoms with Crippen LogP contribution in [-0.2, 0) is 11.2 Å². The summed E-state index contributed by atoms with van der Waals surface area (Å²) in [6.45, 7) is 0. The molecule has 9 heteroatoms. The van der Waals surface area contributed by atoms with Gasteiger partial charge in [-0.15, -0.1) is 0 Å². The van der Waals surface area contributed by atoms with Crippen molar-refractivity contribution in [2.24, 2.45) is 10.7 Å². The van der Waals surface area contributed by atoms with E-state index in [-0.39, 0.29) is 23.3 Å². The van der Waals surface area contributed by atoms with Crippen LogP contribution in [0.5, 0.6) is 0 Å². The van der Waals surface area contributed by atoms with Gasteiger partial charge in [-0.1, -0.05) is 36.0 Å². The van der Waals surface area contributed by atoms with E-state index in [9.17, 15) is 10.0 Å². The monoisotopic (exact) mass is 319 g/mol. The number of nitrogens with zero attached hydrogens (tertiary/aromatic N) is 3. The molecule has 0 aliphatic heterocycles. The standard InChI is InChI=1S/C13H13N5O3S/c14-10(19)6-22-13-11(17-21-18-13)12(16-20)15-9-5-7-3-1-2-4-8(7)9/h1-4,9,20H,5-6H2,(H2,14,19)(H,15,16). The number of hydroxylamine groups is 1. The minimum absolute atomic E-state index is 0.0339. The van der Waals surface area contributed by atoms with Crippen molar-refractivity contribution in [2.45, 2.75) is 17.5 Å². The molecule has 0 fully saturated rings. The molecule has 0 bridgehead atoms. The molecule has 0 spiro atoms. The van der Waals surface area contributed by atoms with E-state index >= 15 is 0 Å². The highest BCUT2D eigenvalue weighted by molar-refractivity contribution is 8.00. The molecule has 4 N–H and O–H groups in total. The fourth-order valence-corrected chi connectivity index (χ4v) is 2.84. The molecule has 1 atom stereocenters. The number of nitrogens with two attached hydrogens (primary N) is 1. The predicted octanol–water partition coefficient (Wildman–Crippen LogP) is 0.670. The maximum Gasteiger partial charge on any atom is 0.227 e. The Morgan fingerprint density at radius 3 is 3.05 bits per heavy atom. The minimum Gasteiger partial charge on any atom is -0.369 e. The molecular formula is C13H13N5O3S. The first-order chi connectivity index (χ1) is 10.7. The highest BCUT2D eigenvalue weighted by atomic mass is 32.2. The summed E-state index contributed by atoms with van der Waals surface area (Å²) in [6.07, 6.45) is 0.788. The zero-order valence-corrected chi connectivity index (χ0v) is 12.2.